The third kappa shape index (κ3) is 3.61. The van der Waals surface area contributed by atoms with Crippen molar-refractivity contribution in [2.75, 3.05) is 19.5 Å². The molecule has 2 aromatic carbocycles. The summed E-state index contributed by atoms with van der Waals surface area (Å²) < 4.78 is 10.7. The van der Waals surface area contributed by atoms with E-state index in [0.29, 0.717) is 10.8 Å². The molecule has 3 nitrogen and oxygen atoms in total. The smallest absolute Gasteiger partial charge is 0.139 e. The van der Waals surface area contributed by atoms with Crippen LogP contribution in [0.4, 0.5) is 5.69 Å². The molecule has 1 N–H and O–H groups in total. The van der Waals surface area contributed by atoms with Crippen LogP contribution >= 0.6 is 11.6 Å². The summed E-state index contributed by atoms with van der Waals surface area (Å²) in [6, 6.07) is 11.9. The Balaban J connectivity index is 2.25. The van der Waals surface area contributed by atoms with E-state index in [4.69, 9.17) is 21.1 Å². The molecule has 0 bridgehead atoms. The SMILES string of the molecule is COc1cc(NC(C)c2cc(C)ccc2OC)ccc1Cl. The number of aryl methyl sites for hydroxylation is 1. The van der Waals surface area contributed by atoms with Crippen LogP contribution in [0, 0.1) is 6.92 Å². The lowest BCUT2D eigenvalue weighted by molar-refractivity contribution is 0.407. The van der Waals surface area contributed by atoms with E-state index in [9.17, 15) is 0 Å². The van der Waals surface area contributed by atoms with Gasteiger partial charge in [0.05, 0.1) is 25.3 Å². The molecule has 0 heterocycles. The maximum atomic E-state index is 6.05. The van der Waals surface area contributed by atoms with Crippen molar-refractivity contribution in [3.05, 3.63) is 52.5 Å². The van der Waals surface area contributed by atoms with Crippen molar-refractivity contribution in [1.82, 2.24) is 0 Å². The van der Waals surface area contributed by atoms with Gasteiger partial charge in [0.2, 0.25) is 0 Å². The standard InChI is InChI=1S/C17H20ClNO2/c1-11-5-8-16(20-3)14(9-11)12(2)19-13-6-7-15(18)17(10-13)21-4/h5-10,12,19H,1-4H3. The van der Waals surface area contributed by atoms with E-state index < -0.39 is 0 Å². The molecule has 2 aromatic rings. The predicted octanol–water partition coefficient (Wildman–Crippen LogP) is 4.84. The highest BCUT2D eigenvalue weighted by Crippen LogP contribution is 2.32. The summed E-state index contributed by atoms with van der Waals surface area (Å²) >= 11 is 6.05. The van der Waals surface area contributed by atoms with Gasteiger partial charge in [0.1, 0.15) is 11.5 Å². The fourth-order valence-electron chi connectivity index (χ4n) is 2.27. The maximum Gasteiger partial charge on any atom is 0.139 e. The normalized spacial score (nSPS) is 11.9. The quantitative estimate of drug-likeness (QED) is 0.857. The van der Waals surface area contributed by atoms with Crippen LogP contribution in [0.3, 0.4) is 0 Å². The van der Waals surface area contributed by atoms with Crippen molar-refractivity contribution in [2.24, 2.45) is 0 Å². The van der Waals surface area contributed by atoms with Gasteiger partial charge in [-0.1, -0.05) is 29.3 Å². The van der Waals surface area contributed by atoms with Crippen molar-refractivity contribution in [1.29, 1.82) is 0 Å². The third-order valence-electron chi connectivity index (χ3n) is 3.39. The number of hydrogen-bond acceptors (Lipinski definition) is 3. The minimum atomic E-state index is 0.103. The van der Waals surface area contributed by atoms with Crippen LogP contribution in [-0.4, -0.2) is 14.2 Å². The Bertz CT molecular complexity index is 628. The summed E-state index contributed by atoms with van der Waals surface area (Å²) in [6.45, 7) is 4.17. The van der Waals surface area contributed by atoms with Crippen LogP contribution in [0.15, 0.2) is 36.4 Å². The van der Waals surface area contributed by atoms with Gasteiger partial charge in [0.25, 0.3) is 0 Å². The zero-order valence-corrected chi connectivity index (χ0v) is 13.5. The zero-order chi connectivity index (χ0) is 15.4. The molecule has 0 radical (unpaired) electrons. The number of rotatable bonds is 5. The molecule has 112 valence electrons. The van der Waals surface area contributed by atoms with E-state index in [1.807, 2.05) is 30.3 Å². The summed E-state index contributed by atoms with van der Waals surface area (Å²) in [6.07, 6.45) is 0. The van der Waals surface area contributed by atoms with Crippen LogP contribution in [-0.2, 0) is 0 Å². The molecule has 0 aromatic heterocycles. The molecule has 2 rings (SSSR count). The largest absolute Gasteiger partial charge is 0.496 e. The third-order valence-corrected chi connectivity index (χ3v) is 3.70. The van der Waals surface area contributed by atoms with Gasteiger partial charge in [-0.15, -0.1) is 0 Å². The average molecular weight is 306 g/mol. The van der Waals surface area contributed by atoms with Gasteiger partial charge in [-0.2, -0.15) is 0 Å². The lowest BCUT2D eigenvalue weighted by atomic mass is 10.0. The Morgan fingerprint density at radius 1 is 1.00 bits per heavy atom. The molecule has 0 aliphatic carbocycles. The minimum absolute atomic E-state index is 0.103. The fraction of sp³-hybridized carbons (Fsp3) is 0.294. The second-order valence-electron chi connectivity index (χ2n) is 4.96. The van der Waals surface area contributed by atoms with E-state index in [0.717, 1.165) is 17.0 Å². The number of benzene rings is 2. The van der Waals surface area contributed by atoms with Crippen molar-refractivity contribution in [3.63, 3.8) is 0 Å². The van der Waals surface area contributed by atoms with Crippen LogP contribution in [0.5, 0.6) is 11.5 Å². The highest BCUT2D eigenvalue weighted by molar-refractivity contribution is 6.32. The van der Waals surface area contributed by atoms with Gasteiger partial charge < -0.3 is 14.8 Å². The predicted molar refractivity (Wildman–Crippen MR) is 87.8 cm³/mol. The number of nitrogens with one attached hydrogen (secondary N) is 1. The highest BCUT2D eigenvalue weighted by atomic mass is 35.5. The summed E-state index contributed by atoms with van der Waals surface area (Å²) in [7, 11) is 3.30. The van der Waals surface area contributed by atoms with E-state index >= 15 is 0 Å². The molecule has 0 saturated heterocycles. The molecule has 0 aliphatic rings. The summed E-state index contributed by atoms with van der Waals surface area (Å²) in [5.41, 5.74) is 3.27. The Labute approximate surface area is 130 Å². The average Bonchev–Trinajstić information content (AvgIpc) is 2.49. The molecule has 0 aliphatic heterocycles. The monoisotopic (exact) mass is 305 g/mol. The van der Waals surface area contributed by atoms with Gasteiger partial charge in [0, 0.05) is 17.3 Å². The summed E-state index contributed by atoms with van der Waals surface area (Å²) in [5.74, 6) is 1.53. The highest BCUT2D eigenvalue weighted by Gasteiger charge is 2.12. The Morgan fingerprint density at radius 3 is 2.38 bits per heavy atom. The summed E-state index contributed by atoms with van der Waals surface area (Å²) in [5, 5.41) is 4.04. The lowest BCUT2D eigenvalue weighted by Gasteiger charge is -2.19. The molecule has 1 unspecified atom stereocenters. The first kappa shape index (κ1) is 15.5. The van der Waals surface area contributed by atoms with Crippen LogP contribution in [0.2, 0.25) is 5.02 Å². The van der Waals surface area contributed by atoms with Crippen LogP contribution in [0.25, 0.3) is 0 Å². The first-order valence-corrected chi connectivity index (χ1v) is 7.17. The zero-order valence-electron chi connectivity index (χ0n) is 12.7. The van der Waals surface area contributed by atoms with Gasteiger partial charge in [-0.05, 0) is 32.0 Å². The molecule has 21 heavy (non-hydrogen) atoms. The van der Waals surface area contributed by atoms with Crippen LogP contribution in [0.1, 0.15) is 24.1 Å². The molecule has 0 fully saturated rings. The maximum absolute atomic E-state index is 6.05. The second-order valence-corrected chi connectivity index (χ2v) is 5.37. The first-order valence-electron chi connectivity index (χ1n) is 6.79. The molecule has 0 spiro atoms. The van der Waals surface area contributed by atoms with Crippen molar-refractivity contribution >= 4 is 17.3 Å². The second kappa shape index (κ2) is 6.72. The van der Waals surface area contributed by atoms with Gasteiger partial charge >= 0.3 is 0 Å². The Morgan fingerprint density at radius 2 is 1.71 bits per heavy atom. The summed E-state index contributed by atoms with van der Waals surface area (Å²) in [4.78, 5) is 0. The fourth-order valence-corrected chi connectivity index (χ4v) is 2.46. The molecule has 0 saturated carbocycles. The number of ether oxygens (including phenoxy) is 2. The minimum Gasteiger partial charge on any atom is -0.496 e. The molecule has 4 heteroatoms. The number of methoxy groups -OCH3 is 2. The van der Waals surface area contributed by atoms with Crippen molar-refractivity contribution in [3.8, 4) is 11.5 Å². The molecule has 0 amide bonds. The van der Waals surface area contributed by atoms with E-state index in [1.54, 1.807) is 14.2 Å². The molecular weight excluding hydrogens is 286 g/mol. The topological polar surface area (TPSA) is 30.5 Å². The number of halogens is 1. The Kier molecular flexibility index (Phi) is 4.97. The molecular formula is C17H20ClNO2. The van der Waals surface area contributed by atoms with E-state index in [-0.39, 0.29) is 6.04 Å². The van der Waals surface area contributed by atoms with Crippen molar-refractivity contribution in [2.45, 2.75) is 19.9 Å². The van der Waals surface area contributed by atoms with Crippen molar-refractivity contribution < 1.29 is 9.47 Å². The molecule has 1 atom stereocenters. The van der Waals surface area contributed by atoms with Gasteiger partial charge in [-0.3, -0.25) is 0 Å². The van der Waals surface area contributed by atoms with E-state index in [1.165, 1.54) is 5.56 Å². The first-order chi connectivity index (χ1) is 10.0. The number of hydrogen-bond donors (Lipinski definition) is 1. The van der Waals surface area contributed by atoms with E-state index in [2.05, 4.69) is 25.2 Å². The Hall–Kier alpha value is -1.87. The lowest BCUT2D eigenvalue weighted by Crippen LogP contribution is -2.08. The van der Waals surface area contributed by atoms with Gasteiger partial charge in [0.15, 0.2) is 0 Å². The number of anilines is 1. The van der Waals surface area contributed by atoms with Gasteiger partial charge in [-0.25, -0.2) is 0 Å². The van der Waals surface area contributed by atoms with Crippen LogP contribution < -0.4 is 14.8 Å².